The van der Waals surface area contributed by atoms with Gasteiger partial charge in [0.15, 0.2) is 5.96 Å². The molecule has 0 bridgehead atoms. The second-order valence-electron chi connectivity index (χ2n) is 5.50. The molecule has 22 heavy (non-hydrogen) atoms. The average Bonchev–Trinajstić information content (AvgIpc) is 2.90. The summed E-state index contributed by atoms with van der Waals surface area (Å²) in [6.07, 6.45) is 3.45. The summed E-state index contributed by atoms with van der Waals surface area (Å²) in [4.78, 5) is 6.68. The van der Waals surface area contributed by atoms with Crippen molar-refractivity contribution in [2.75, 3.05) is 33.7 Å². The Labute approximate surface area is 155 Å². The van der Waals surface area contributed by atoms with Crippen LogP contribution in [0.25, 0.3) is 0 Å². The van der Waals surface area contributed by atoms with E-state index in [-0.39, 0.29) is 24.0 Å². The third kappa shape index (κ3) is 5.93. The smallest absolute Gasteiger partial charge is 0.191 e. The number of hydrogen-bond donors (Lipinski definition) is 2. The van der Waals surface area contributed by atoms with Gasteiger partial charge in [0.1, 0.15) is 0 Å². The van der Waals surface area contributed by atoms with Crippen LogP contribution in [-0.2, 0) is 6.42 Å². The van der Waals surface area contributed by atoms with Gasteiger partial charge in [-0.1, -0.05) is 29.8 Å². The topological polar surface area (TPSA) is 39.7 Å². The number of halogens is 2. The zero-order valence-electron chi connectivity index (χ0n) is 13.3. The van der Waals surface area contributed by atoms with E-state index in [2.05, 4.69) is 33.6 Å². The van der Waals surface area contributed by atoms with Crippen LogP contribution >= 0.6 is 35.6 Å². The van der Waals surface area contributed by atoms with Gasteiger partial charge in [-0.05, 0) is 44.5 Å². The zero-order valence-corrected chi connectivity index (χ0v) is 16.4. The van der Waals surface area contributed by atoms with Crippen molar-refractivity contribution in [1.29, 1.82) is 0 Å². The number of likely N-dealkylation sites (tertiary alicyclic amines) is 1. The highest BCUT2D eigenvalue weighted by Gasteiger charge is 2.20. The van der Waals surface area contributed by atoms with Crippen LogP contribution in [-0.4, -0.2) is 50.6 Å². The first-order valence-electron chi connectivity index (χ1n) is 7.59. The van der Waals surface area contributed by atoms with Gasteiger partial charge in [-0.3, -0.25) is 4.99 Å². The van der Waals surface area contributed by atoms with E-state index in [0.717, 1.165) is 36.1 Å². The van der Waals surface area contributed by atoms with E-state index in [1.165, 1.54) is 19.4 Å². The highest BCUT2D eigenvalue weighted by Crippen LogP contribution is 2.15. The Balaban J connectivity index is 0.00000242. The molecule has 1 aromatic rings. The Morgan fingerprint density at radius 1 is 1.36 bits per heavy atom. The van der Waals surface area contributed by atoms with Crippen LogP contribution in [0.3, 0.4) is 0 Å². The predicted molar refractivity (Wildman–Crippen MR) is 106 cm³/mol. The maximum Gasteiger partial charge on any atom is 0.191 e. The van der Waals surface area contributed by atoms with Crippen LogP contribution in [0.2, 0.25) is 5.02 Å². The molecule has 1 atom stereocenters. The zero-order chi connectivity index (χ0) is 15.1. The molecule has 0 aromatic heterocycles. The molecule has 2 N–H and O–H groups in total. The van der Waals surface area contributed by atoms with Gasteiger partial charge in [0.2, 0.25) is 0 Å². The number of guanidine groups is 1. The lowest BCUT2D eigenvalue weighted by Gasteiger charge is -2.21. The summed E-state index contributed by atoms with van der Waals surface area (Å²) in [5.74, 6) is 0.863. The maximum absolute atomic E-state index is 6.16. The Hall–Kier alpha value is -0.530. The first-order chi connectivity index (χ1) is 10.2. The minimum atomic E-state index is 0. The van der Waals surface area contributed by atoms with Crippen molar-refractivity contribution in [3.63, 3.8) is 0 Å². The SMILES string of the molecule is CN=C(NCCc1ccccc1Cl)NCC1CCCN1C.I. The van der Waals surface area contributed by atoms with Gasteiger partial charge >= 0.3 is 0 Å². The summed E-state index contributed by atoms with van der Waals surface area (Å²) in [7, 11) is 4.00. The minimum absolute atomic E-state index is 0. The molecule has 124 valence electrons. The molecule has 1 aliphatic heterocycles. The number of likely N-dealkylation sites (N-methyl/N-ethyl adjacent to an activating group) is 1. The summed E-state index contributed by atoms with van der Waals surface area (Å²) >= 11 is 6.16. The normalized spacial score (nSPS) is 18.9. The first kappa shape index (κ1) is 19.5. The second kappa shape index (κ2) is 10.3. The Morgan fingerprint density at radius 2 is 2.14 bits per heavy atom. The molecule has 1 fully saturated rings. The quantitative estimate of drug-likeness (QED) is 0.424. The summed E-state index contributed by atoms with van der Waals surface area (Å²) < 4.78 is 0. The number of aliphatic imine (C=N–C) groups is 1. The highest BCUT2D eigenvalue weighted by atomic mass is 127. The summed E-state index contributed by atoms with van der Waals surface area (Å²) in [6.45, 7) is 2.97. The lowest BCUT2D eigenvalue weighted by atomic mass is 10.1. The molecule has 1 aliphatic rings. The maximum atomic E-state index is 6.16. The molecule has 0 saturated carbocycles. The fraction of sp³-hybridized carbons (Fsp3) is 0.562. The van der Waals surface area contributed by atoms with Crippen molar-refractivity contribution in [3.05, 3.63) is 34.9 Å². The van der Waals surface area contributed by atoms with Crippen LogP contribution in [0.15, 0.2) is 29.3 Å². The lowest BCUT2D eigenvalue weighted by Crippen LogP contribution is -2.44. The number of benzene rings is 1. The molecular weight excluding hydrogens is 411 g/mol. The molecule has 1 unspecified atom stereocenters. The van der Waals surface area contributed by atoms with Gasteiger partial charge in [-0.15, -0.1) is 24.0 Å². The van der Waals surface area contributed by atoms with E-state index in [9.17, 15) is 0 Å². The van der Waals surface area contributed by atoms with Crippen molar-refractivity contribution in [2.45, 2.75) is 25.3 Å². The Bertz CT molecular complexity index is 481. The fourth-order valence-corrected chi connectivity index (χ4v) is 2.92. The van der Waals surface area contributed by atoms with E-state index < -0.39 is 0 Å². The molecule has 0 spiro atoms. The lowest BCUT2D eigenvalue weighted by molar-refractivity contribution is 0.309. The van der Waals surface area contributed by atoms with Crippen LogP contribution in [0.5, 0.6) is 0 Å². The molecule has 2 rings (SSSR count). The van der Waals surface area contributed by atoms with Crippen molar-refractivity contribution < 1.29 is 0 Å². The molecule has 0 amide bonds. The molecule has 1 aromatic carbocycles. The van der Waals surface area contributed by atoms with Gasteiger partial charge in [-0.2, -0.15) is 0 Å². The summed E-state index contributed by atoms with van der Waals surface area (Å²) in [5.41, 5.74) is 1.16. The number of rotatable bonds is 5. The van der Waals surface area contributed by atoms with Crippen LogP contribution in [0.1, 0.15) is 18.4 Å². The van der Waals surface area contributed by atoms with Crippen molar-refractivity contribution in [3.8, 4) is 0 Å². The van der Waals surface area contributed by atoms with Gasteiger partial charge in [0.05, 0.1) is 0 Å². The van der Waals surface area contributed by atoms with Crippen LogP contribution in [0.4, 0.5) is 0 Å². The predicted octanol–water partition coefficient (Wildman–Crippen LogP) is 2.76. The molecule has 0 radical (unpaired) electrons. The largest absolute Gasteiger partial charge is 0.356 e. The molecule has 1 saturated heterocycles. The average molecular weight is 437 g/mol. The number of nitrogens with one attached hydrogen (secondary N) is 2. The van der Waals surface area contributed by atoms with E-state index in [0.29, 0.717) is 6.04 Å². The van der Waals surface area contributed by atoms with Crippen molar-refractivity contribution in [1.82, 2.24) is 15.5 Å². The number of nitrogens with zero attached hydrogens (tertiary/aromatic N) is 2. The van der Waals surface area contributed by atoms with Crippen LogP contribution in [0, 0.1) is 0 Å². The molecule has 6 heteroatoms. The van der Waals surface area contributed by atoms with E-state index in [4.69, 9.17) is 11.6 Å². The van der Waals surface area contributed by atoms with Crippen molar-refractivity contribution in [2.24, 2.45) is 4.99 Å². The standard InChI is InChI=1S/C16H25ClN4.HI/c1-18-16(20-12-14-7-5-11-21(14)2)19-10-9-13-6-3-4-8-15(13)17;/h3-4,6,8,14H,5,7,9-12H2,1-2H3,(H2,18,19,20);1H. The van der Waals surface area contributed by atoms with Gasteiger partial charge in [0.25, 0.3) is 0 Å². The number of hydrogen-bond acceptors (Lipinski definition) is 2. The van der Waals surface area contributed by atoms with Gasteiger partial charge in [-0.25, -0.2) is 0 Å². The second-order valence-corrected chi connectivity index (χ2v) is 5.91. The van der Waals surface area contributed by atoms with E-state index in [1.54, 1.807) is 0 Å². The molecule has 4 nitrogen and oxygen atoms in total. The van der Waals surface area contributed by atoms with E-state index in [1.807, 2.05) is 25.2 Å². The van der Waals surface area contributed by atoms with Crippen LogP contribution < -0.4 is 10.6 Å². The first-order valence-corrected chi connectivity index (χ1v) is 7.96. The minimum Gasteiger partial charge on any atom is -0.356 e. The highest BCUT2D eigenvalue weighted by molar-refractivity contribution is 14.0. The van der Waals surface area contributed by atoms with E-state index >= 15 is 0 Å². The molecular formula is C16H26ClIN4. The third-order valence-electron chi connectivity index (χ3n) is 4.04. The Kier molecular flexibility index (Phi) is 9.12. The fourth-order valence-electron chi connectivity index (χ4n) is 2.69. The van der Waals surface area contributed by atoms with Crippen molar-refractivity contribution >= 4 is 41.5 Å². The molecule has 1 heterocycles. The molecule has 0 aliphatic carbocycles. The summed E-state index contributed by atoms with van der Waals surface area (Å²) in [6, 6.07) is 8.59. The third-order valence-corrected chi connectivity index (χ3v) is 4.41. The van der Waals surface area contributed by atoms with Gasteiger partial charge < -0.3 is 15.5 Å². The monoisotopic (exact) mass is 436 g/mol. The van der Waals surface area contributed by atoms with Gasteiger partial charge in [0, 0.05) is 31.2 Å². The Morgan fingerprint density at radius 3 is 2.77 bits per heavy atom. The summed E-state index contributed by atoms with van der Waals surface area (Å²) in [5, 5.41) is 7.58.